The second-order valence-electron chi connectivity index (χ2n) is 11.6. The van der Waals surface area contributed by atoms with Crippen molar-refractivity contribution in [2.45, 2.75) is 120 Å². The number of allylic oxidation sites excluding steroid dienone is 1. The van der Waals surface area contributed by atoms with E-state index in [-0.39, 0.29) is 16.7 Å². The molecule has 1 aromatic heterocycles. The van der Waals surface area contributed by atoms with E-state index in [1.54, 1.807) is 18.5 Å². The summed E-state index contributed by atoms with van der Waals surface area (Å²) in [4.78, 5) is 21.9. The topological polar surface area (TPSA) is 42.9 Å². The number of Topliss-reactive ketones (excluding diaryl/α,β-unsaturated/α-hetero) is 1. The van der Waals surface area contributed by atoms with Crippen LogP contribution in [0.3, 0.4) is 0 Å². The molecule has 2 aliphatic carbocycles. The van der Waals surface area contributed by atoms with E-state index in [4.69, 9.17) is 0 Å². The molecule has 0 aliphatic heterocycles. The Hall–Kier alpha value is -2.15. The number of ketones is 1. The molecule has 1 aromatic carbocycles. The number of carbonyl (C=O) groups is 1. The molecule has 0 N–H and O–H groups in total. The fourth-order valence-electron chi connectivity index (χ4n) is 6.32. The summed E-state index contributed by atoms with van der Waals surface area (Å²) in [5, 5.41) is 0. The van der Waals surface area contributed by atoms with Crippen LogP contribution in [-0.2, 0) is 24.1 Å². The number of carbonyl (C=O) groups excluding carboxylic acids is 1. The molecule has 1 saturated carbocycles. The Balaban J connectivity index is 1.09. The van der Waals surface area contributed by atoms with Crippen LogP contribution in [0.25, 0.3) is 6.08 Å². The molecular formula is C33H43F3N2OS. The van der Waals surface area contributed by atoms with Gasteiger partial charge in [-0.25, -0.2) is 9.97 Å². The molecule has 3 nitrogen and oxygen atoms in total. The van der Waals surface area contributed by atoms with E-state index in [0.29, 0.717) is 31.0 Å². The molecule has 4 rings (SSSR count). The van der Waals surface area contributed by atoms with Gasteiger partial charge in [0.05, 0.1) is 11.4 Å². The maximum atomic E-state index is 12.6. The summed E-state index contributed by atoms with van der Waals surface area (Å²) in [6.45, 7) is 0. The molecule has 0 saturated heterocycles. The third-order valence-electron chi connectivity index (χ3n) is 8.42. The lowest BCUT2D eigenvalue weighted by atomic mass is 9.81. The molecule has 218 valence electrons. The average molecular weight is 573 g/mol. The summed E-state index contributed by atoms with van der Waals surface area (Å²) in [7, 11) is 0. The average Bonchev–Trinajstić information content (AvgIpc) is 3.15. The minimum Gasteiger partial charge on any atom is -0.300 e. The maximum absolute atomic E-state index is 12.6. The van der Waals surface area contributed by atoms with Crippen molar-refractivity contribution < 1.29 is 18.0 Å². The van der Waals surface area contributed by atoms with Gasteiger partial charge >= 0.3 is 5.51 Å². The van der Waals surface area contributed by atoms with Crippen molar-refractivity contribution >= 4 is 23.6 Å². The third kappa shape index (κ3) is 10.7. The van der Waals surface area contributed by atoms with Gasteiger partial charge in [0.2, 0.25) is 0 Å². The second-order valence-corrected chi connectivity index (χ2v) is 12.7. The molecule has 0 radical (unpaired) electrons. The standard InChI is InChI=1S/C33H43F3N2OS/c34-33(35,36)40-29-19-9-16-26(22-29)10-4-5-17-28(39)18-8-13-25-11-6-14-27(15-7-12-25)23-32-30-20-2-1-3-21-31(30)37-24-38-32/h2,9,16,19-20,22,24-25,27H,1,3-8,10-15,17-18,21,23H2. The van der Waals surface area contributed by atoms with Crippen molar-refractivity contribution in [3.8, 4) is 0 Å². The van der Waals surface area contributed by atoms with E-state index in [1.165, 1.54) is 68.0 Å². The number of hydrogen-bond acceptors (Lipinski definition) is 4. The predicted molar refractivity (Wildman–Crippen MR) is 157 cm³/mol. The van der Waals surface area contributed by atoms with Crippen LogP contribution in [0.4, 0.5) is 13.2 Å². The van der Waals surface area contributed by atoms with Crippen LogP contribution >= 0.6 is 11.8 Å². The first-order valence-corrected chi connectivity index (χ1v) is 16.0. The van der Waals surface area contributed by atoms with Gasteiger partial charge in [0.1, 0.15) is 12.1 Å². The van der Waals surface area contributed by atoms with Crippen LogP contribution in [0.15, 0.2) is 41.6 Å². The number of nitrogens with zero attached hydrogens (tertiary/aromatic N) is 2. The van der Waals surface area contributed by atoms with Gasteiger partial charge in [0.25, 0.3) is 0 Å². The van der Waals surface area contributed by atoms with E-state index in [0.717, 1.165) is 56.4 Å². The van der Waals surface area contributed by atoms with Crippen molar-refractivity contribution in [3.05, 3.63) is 59.2 Å². The number of benzene rings is 1. The maximum Gasteiger partial charge on any atom is 0.446 e. The van der Waals surface area contributed by atoms with E-state index in [9.17, 15) is 18.0 Å². The molecule has 2 aromatic rings. The highest BCUT2D eigenvalue weighted by atomic mass is 32.2. The first-order valence-electron chi connectivity index (χ1n) is 15.2. The highest BCUT2D eigenvalue weighted by molar-refractivity contribution is 8.00. The highest BCUT2D eigenvalue weighted by Crippen LogP contribution is 2.37. The zero-order chi connectivity index (χ0) is 28.2. The van der Waals surface area contributed by atoms with Gasteiger partial charge < -0.3 is 0 Å². The third-order valence-corrected chi connectivity index (χ3v) is 9.14. The molecule has 40 heavy (non-hydrogen) atoms. The summed E-state index contributed by atoms with van der Waals surface area (Å²) in [5.41, 5.74) is 0.361. The number of unbranched alkanes of at least 4 members (excludes halogenated alkanes) is 1. The molecule has 2 aliphatic rings. The summed E-state index contributed by atoms with van der Waals surface area (Å²) in [5.74, 6) is 1.75. The number of aryl methyl sites for hydroxylation is 2. The van der Waals surface area contributed by atoms with Crippen molar-refractivity contribution in [1.82, 2.24) is 9.97 Å². The fourth-order valence-corrected chi connectivity index (χ4v) is 6.95. The second kappa shape index (κ2) is 15.7. The monoisotopic (exact) mass is 572 g/mol. The molecule has 1 fully saturated rings. The first kappa shape index (κ1) is 30.8. The lowest BCUT2D eigenvalue weighted by Crippen LogP contribution is -2.14. The van der Waals surface area contributed by atoms with Gasteiger partial charge in [-0.2, -0.15) is 13.2 Å². The van der Waals surface area contributed by atoms with Gasteiger partial charge in [-0.3, -0.25) is 4.79 Å². The highest BCUT2D eigenvalue weighted by Gasteiger charge is 2.29. The number of alkyl halides is 3. The van der Waals surface area contributed by atoms with Crippen molar-refractivity contribution in [3.63, 3.8) is 0 Å². The molecule has 0 spiro atoms. The van der Waals surface area contributed by atoms with E-state index < -0.39 is 5.51 Å². The van der Waals surface area contributed by atoms with Crippen LogP contribution in [-0.4, -0.2) is 21.3 Å². The first-order chi connectivity index (χ1) is 19.4. The number of fused-ring (bicyclic) bond motifs is 1. The van der Waals surface area contributed by atoms with Crippen LogP contribution in [0.5, 0.6) is 0 Å². The number of rotatable bonds is 12. The zero-order valence-electron chi connectivity index (χ0n) is 23.6. The smallest absolute Gasteiger partial charge is 0.300 e. The molecule has 0 amide bonds. The Morgan fingerprint density at radius 3 is 2.52 bits per heavy atom. The normalized spacial score (nSPS) is 19.9. The number of hydrogen-bond donors (Lipinski definition) is 0. The zero-order valence-corrected chi connectivity index (χ0v) is 24.4. The SMILES string of the molecule is O=C(CCCCc1cccc(SC(F)(F)F)c1)CCCC1CCCC(Cc2ncnc3c2C=CCCC3)CCC1. The van der Waals surface area contributed by atoms with Crippen LogP contribution in [0.1, 0.15) is 112 Å². The minimum absolute atomic E-state index is 0.0736. The Kier molecular flexibility index (Phi) is 12.1. The summed E-state index contributed by atoms with van der Waals surface area (Å²) in [6.07, 6.45) is 23.9. The Labute approximate surface area is 241 Å². The Morgan fingerprint density at radius 1 is 0.950 bits per heavy atom. The van der Waals surface area contributed by atoms with Crippen LogP contribution < -0.4 is 0 Å². The molecule has 0 bridgehead atoms. The minimum atomic E-state index is -4.27. The van der Waals surface area contributed by atoms with Crippen LogP contribution in [0.2, 0.25) is 0 Å². The molecule has 1 heterocycles. The van der Waals surface area contributed by atoms with Crippen molar-refractivity contribution in [2.75, 3.05) is 0 Å². The quantitative estimate of drug-likeness (QED) is 0.188. The molecule has 0 atom stereocenters. The van der Waals surface area contributed by atoms with Gasteiger partial charge in [0, 0.05) is 23.3 Å². The summed E-state index contributed by atoms with van der Waals surface area (Å²) in [6, 6.07) is 6.64. The van der Waals surface area contributed by atoms with Gasteiger partial charge in [-0.05, 0) is 92.7 Å². The van der Waals surface area contributed by atoms with E-state index in [1.807, 2.05) is 6.07 Å². The van der Waals surface area contributed by atoms with Gasteiger partial charge in [-0.1, -0.05) is 69.2 Å². The molecular weight excluding hydrogens is 529 g/mol. The Morgan fingerprint density at radius 2 is 1.73 bits per heavy atom. The number of thioether (sulfide) groups is 1. The van der Waals surface area contributed by atoms with Crippen molar-refractivity contribution in [2.24, 2.45) is 11.8 Å². The van der Waals surface area contributed by atoms with E-state index >= 15 is 0 Å². The fraction of sp³-hybridized carbons (Fsp3) is 0.606. The Bertz CT molecular complexity index is 1110. The lowest BCUT2D eigenvalue weighted by molar-refractivity contribution is -0.119. The van der Waals surface area contributed by atoms with E-state index in [2.05, 4.69) is 22.1 Å². The van der Waals surface area contributed by atoms with Gasteiger partial charge in [-0.15, -0.1) is 0 Å². The summed E-state index contributed by atoms with van der Waals surface area (Å²) < 4.78 is 37.8. The number of halogens is 3. The van der Waals surface area contributed by atoms with Crippen LogP contribution in [0, 0.1) is 11.8 Å². The van der Waals surface area contributed by atoms with Crippen molar-refractivity contribution in [1.29, 1.82) is 0 Å². The lowest BCUT2D eigenvalue weighted by Gasteiger charge is -2.25. The molecule has 7 heteroatoms. The van der Waals surface area contributed by atoms with Gasteiger partial charge in [0.15, 0.2) is 0 Å². The predicted octanol–water partition coefficient (Wildman–Crippen LogP) is 9.72. The summed E-state index contributed by atoms with van der Waals surface area (Å²) >= 11 is -0.0736. The molecule has 0 unspecified atom stereocenters. The number of aromatic nitrogens is 2. The largest absolute Gasteiger partial charge is 0.446 e.